The summed E-state index contributed by atoms with van der Waals surface area (Å²) in [6.07, 6.45) is 0. The molecule has 0 unspecified atom stereocenters. The van der Waals surface area contributed by atoms with Crippen LogP contribution in [0.3, 0.4) is 0 Å². The van der Waals surface area contributed by atoms with E-state index in [1.807, 2.05) is 25.1 Å². The van der Waals surface area contributed by atoms with Crippen molar-refractivity contribution in [2.75, 3.05) is 26.9 Å². The van der Waals surface area contributed by atoms with E-state index in [9.17, 15) is 10.2 Å². The molecule has 0 radical (unpaired) electrons. The maximum atomic E-state index is 9.18. The molecule has 0 fully saturated rings. The Bertz CT molecular complexity index is 351. The minimum Gasteiger partial charge on any atom is -0.396 e. The van der Waals surface area contributed by atoms with E-state index in [0.29, 0.717) is 19.7 Å². The third kappa shape index (κ3) is 4.74. The van der Waals surface area contributed by atoms with Crippen molar-refractivity contribution < 1.29 is 14.9 Å². The molecule has 0 saturated heterocycles. The molecule has 0 atom stereocenters. The highest BCUT2D eigenvalue weighted by Gasteiger charge is 2.21. The van der Waals surface area contributed by atoms with Gasteiger partial charge in [-0.3, -0.25) is 0 Å². The van der Waals surface area contributed by atoms with Gasteiger partial charge in [0.2, 0.25) is 0 Å². The molecule has 0 saturated carbocycles. The molecule has 0 aromatic heterocycles. The Kier molecular flexibility index (Phi) is 6.29. The van der Waals surface area contributed by atoms with Gasteiger partial charge < -0.3 is 20.3 Å². The van der Waals surface area contributed by atoms with Crippen LogP contribution >= 0.6 is 0 Å². The van der Waals surface area contributed by atoms with Crippen molar-refractivity contribution >= 4 is 0 Å². The van der Waals surface area contributed by atoms with Gasteiger partial charge in [-0.15, -0.1) is 0 Å². The van der Waals surface area contributed by atoms with E-state index in [-0.39, 0.29) is 13.2 Å². The van der Waals surface area contributed by atoms with Crippen LogP contribution in [0.5, 0.6) is 0 Å². The monoisotopic (exact) mass is 253 g/mol. The third-order valence-corrected chi connectivity index (χ3v) is 2.95. The zero-order chi connectivity index (χ0) is 13.4. The number of methoxy groups -OCH3 is 1. The quantitative estimate of drug-likeness (QED) is 0.644. The van der Waals surface area contributed by atoms with Crippen molar-refractivity contribution in [1.29, 1.82) is 0 Å². The first-order valence-corrected chi connectivity index (χ1v) is 6.13. The Labute approximate surface area is 109 Å². The topological polar surface area (TPSA) is 61.7 Å². The fourth-order valence-electron chi connectivity index (χ4n) is 1.67. The van der Waals surface area contributed by atoms with Crippen LogP contribution in [-0.2, 0) is 17.9 Å². The van der Waals surface area contributed by atoms with Crippen LogP contribution in [-0.4, -0.2) is 37.1 Å². The molecule has 3 N–H and O–H groups in total. The lowest BCUT2D eigenvalue weighted by molar-refractivity contribution is 0.0695. The lowest BCUT2D eigenvalue weighted by Crippen LogP contribution is -2.37. The number of hydrogen-bond acceptors (Lipinski definition) is 4. The standard InChI is InChI=1S/C14H23NO3/c1-14(10-16,11-17)9-15-7-12-4-3-5-13(6-12)8-18-2/h3-6,15-17H,7-11H2,1-2H3. The highest BCUT2D eigenvalue weighted by molar-refractivity contribution is 5.22. The van der Waals surface area contributed by atoms with Crippen molar-refractivity contribution in [1.82, 2.24) is 5.32 Å². The molecule has 0 aliphatic rings. The first-order valence-electron chi connectivity index (χ1n) is 6.13. The smallest absolute Gasteiger partial charge is 0.0713 e. The second-order valence-electron chi connectivity index (χ2n) is 4.98. The predicted octanol–water partition coefficient (Wildman–Crippen LogP) is 0.913. The Morgan fingerprint density at radius 1 is 1.22 bits per heavy atom. The second-order valence-corrected chi connectivity index (χ2v) is 4.98. The number of hydrogen-bond donors (Lipinski definition) is 3. The van der Waals surface area contributed by atoms with E-state index in [0.717, 1.165) is 5.56 Å². The van der Waals surface area contributed by atoms with Crippen LogP contribution in [0, 0.1) is 5.41 Å². The number of aliphatic hydroxyl groups is 2. The van der Waals surface area contributed by atoms with E-state index in [1.165, 1.54) is 5.56 Å². The molecule has 0 heterocycles. The fourth-order valence-corrected chi connectivity index (χ4v) is 1.67. The predicted molar refractivity (Wildman–Crippen MR) is 71.1 cm³/mol. The molecule has 1 aromatic carbocycles. The average Bonchev–Trinajstić information content (AvgIpc) is 2.39. The van der Waals surface area contributed by atoms with E-state index in [2.05, 4.69) is 11.4 Å². The lowest BCUT2D eigenvalue weighted by Gasteiger charge is -2.24. The number of benzene rings is 1. The highest BCUT2D eigenvalue weighted by Crippen LogP contribution is 2.13. The maximum absolute atomic E-state index is 9.18. The van der Waals surface area contributed by atoms with Gasteiger partial charge in [0, 0.05) is 25.6 Å². The summed E-state index contributed by atoms with van der Waals surface area (Å²) in [6, 6.07) is 8.16. The average molecular weight is 253 g/mol. The molecule has 0 aliphatic heterocycles. The molecular weight excluding hydrogens is 230 g/mol. The van der Waals surface area contributed by atoms with Gasteiger partial charge in [0.25, 0.3) is 0 Å². The molecule has 0 aliphatic carbocycles. The number of nitrogens with one attached hydrogen (secondary N) is 1. The Balaban J connectivity index is 2.46. The summed E-state index contributed by atoms with van der Waals surface area (Å²) in [6.45, 7) is 3.70. The number of rotatable bonds is 8. The second kappa shape index (κ2) is 7.48. The van der Waals surface area contributed by atoms with Gasteiger partial charge in [0.05, 0.1) is 19.8 Å². The van der Waals surface area contributed by atoms with E-state index in [4.69, 9.17) is 4.74 Å². The summed E-state index contributed by atoms with van der Waals surface area (Å²) in [5.74, 6) is 0. The van der Waals surface area contributed by atoms with Gasteiger partial charge in [-0.05, 0) is 11.1 Å². The van der Waals surface area contributed by atoms with Crippen LogP contribution in [0.25, 0.3) is 0 Å². The molecule has 1 rings (SSSR count). The van der Waals surface area contributed by atoms with E-state index >= 15 is 0 Å². The van der Waals surface area contributed by atoms with Crippen molar-refractivity contribution in [2.24, 2.45) is 5.41 Å². The van der Waals surface area contributed by atoms with Crippen LogP contribution in [0.4, 0.5) is 0 Å². The van der Waals surface area contributed by atoms with Gasteiger partial charge >= 0.3 is 0 Å². The van der Waals surface area contributed by atoms with Crippen molar-refractivity contribution in [3.05, 3.63) is 35.4 Å². The van der Waals surface area contributed by atoms with Gasteiger partial charge in [0.15, 0.2) is 0 Å². The van der Waals surface area contributed by atoms with E-state index < -0.39 is 5.41 Å². The zero-order valence-electron chi connectivity index (χ0n) is 11.1. The number of aliphatic hydroxyl groups excluding tert-OH is 2. The first kappa shape index (κ1) is 15.1. The van der Waals surface area contributed by atoms with Gasteiger partial charge in [-0.25, -0.2) is 0 Å². The number of ether oxygens (including phenoxy) is 1. The molecule has 0 amide bonds. The Morgan fingerprint density at radius 3 is 2.50 bits per heavy atom. The van der Waals surface area contributed by atoms with Crippen LogP contribution in [0.15, 0.2) is 24.3 Å². The van der Waals surface area contributed by atoms with Crippen LogP contribution in [0.1, 0.15) is 18.1 Å². The molecule has 4 heteroatoms. The van der Waals surface area contributed by atoms with Gasteiger partial charge in [-0.1, -0.05) is 31.2 Å². The van der Waals surface area contributed by atoms with E-state index in [1.54, 1.807) is 7.11 Å². The molecule has 4 nitrogen and oxygen atoms in total. The van der Waals surface area contributed by atoms with Gasteiger partial charge in [0.1, 0.15) is 0 Å². The molecule has 0 bridgehead atoms. The molecule has 18 heavy (non-hydrogen) atoms. The maximum Gasteiger partial charge on any atom is 0.0713 e. The lowest BCUT2D eigenvalue weighted by atomic mass is 9.93. The summed E-state index contributed by atoms with van der Waals surface area (Å²) in [5, 5.41) is 21.6. The highest BCUT2D eigenvalue weighted by atomic mass is 16.5. The first-order chi connectivity index (χ1) is 8.63. The Morgan fingerprint density at radius 2 is 1.89 bits per heavy atom. The minimum atomic E-state index is -0.468. The molecular formula is C14H23NO3. The SMILES string of the molecule is COCc1cccc(CNCC(C)(CO)CO)c1. The van der Waals surface area contributed by atoms with Crippen LogP contribution < -0.4 is 5.32 Å². The van der Waals surface area contributed by atoms with Crippen molar-refractivity contribution in [2.45, 2.75) is 20.1 Å². The van der Waals surface area contributed by atoms with Crippen molar-refractivity contribution in [3.63, 3.8) is 0 Å². The fraction of sp³-hybridized carbons (Fsp3) is 0.571. The third-order valence-electron chi connectivity index (χ3n) is 2.95. The Hall–Kier alpha value is -0.940. The molecule has 102 valence electrons. The summed E-state index contributed by atoms with van der Waals surface area (Å²) >= 11 is 0. The van der Waals surface area contributed by atoms with Crippen LogP contribution in [0.2, 0.25) is 0 Å². The summed E-state index contributed by atoms with van der Waals surface area (Å²) in [7, 11) is 1.68. The normalized spacial score (nSPS) is 11.8. The largest absolute Gasteiger partial charge is 0.396 e. The minimum absolute atomic E-state index is 0.0276. The summed E-state index contributed by atoms with van der Waals surface area (Å²) in [4.78, 5) is 0. The summed E-state index contributed by atoms with van der Waals surface area (Å²) < 4.78 is 5.09. The van der Waals surface area contributed by atoms with Gasteiger partial charge in [-0.2, -0.15) is 0 Å². The zero-order valence-corrected chi connectivity index (χ0v) is 11.1. The van der Waals surface area contributed by atoms with Crippen molar-refractivity contribution in [3.8, 4) is 0 Å². The summed E-state index contributed by atoms with van der Waals surface area (Å²) in [5.41, 5.74) is 1.84. The molecule has 0 spiro atoms. The molecule has 1 aromatic rings.